The number of aliphatic carboxylic acids is 1. The molecule has 10 nitrogen and oxygen atoms in total. The molecule has 0 saturated carbocycles. The van der Waals surface area contributed by atoms with Crippen molar-refractivity contribution in [2.45, 2.75) is 31.1 Å². The molecule has 1 aromatic heterocycles. The number of amides is 1. The molecule has 0 spiro atoms. The van der Waals surface area contributed by atoms with Gasteiger partial charge >= 0.3 is 5.97 Å². The van der Waals surface area contributed by atoms with Gasteiger partial charge in [-0.1, -0.05) is 41.2 Å². The van der Waals surface area contributed by atoms with Gasteiger partial charge in [-0.15, -0.1) is 5.10 Å². The van der Waals surface area contributed by atoms with Crippen LogP contribution >= 0.6 is 11.8 Å². The second-order valence-corrected chi connectivity index (χ2v) is 8.15. The van der Waals surface area contributed by atoms with Crippen molar-refractivity contribution in [3.8, 4) is 11.4 Å². The van der Waals surface area contributed by atoms with E-state index in [1.54, 1.807) is 6.21 Å². The van der Waals surface area contributed by atoms with Crippen LogP contribution in [0.15, 0.2) is 39.0 Å². The van der Waals surface area contributed by atoms with E-state index in [1.165, 1.54) is 12.8 Å². The normalized spacial score (nSPS) is 21.0. The minimum absolute atomic E-state index is 0.253. The van der Waals surface area contributed by atoms with E-state index in [0.29, 0.717) is 18.3 Å². The summed E-state index contributed by atoms with van der Waals surface area (Å²) in [7, 11) is 0. The average Bonchev–Trinajstić information content (AvgIpc) is 3.46. The maximum atomic E-state index is 11.7. The molecule has 1 aromatic carbocycles. The molecule has 2 fully saturated rings. The summed E-state index contributed by atoms with van der Waals surface area (Å²) in [5.41, 5.74) is 1.64. The Bertz CT molecular complexity index is 981. The minimum atomic E-state index is -1.03. The summed E-state index contributed by atoms with van der Waals surface area (Å²) in [5, 5.41) is 22.9. The monoisotopic (exact) mass is 428 g/mol. The molecule has 0 radical (unpaired) electrons. The molecule has 11 heteroatoms. The van der Waals surface area contributed by atoms with Crippen molar-refractivity contribution < 1.29 is 19.2 Å². The molecule has 0 bridgehead atoms. The predicted molar refractivity (Wildman–Crippen MR) is 111 cm³/mol. The lowest BCUT2D eigenvalue weighted by Crippen LogP contribution is -2.26. The summed E-state index contributed by atoms with van der Waals surface area (Å²) >= 11 is 1.06. The summed E-state index contributed by atoms with van der Waals surface area (Å²) in [6.07, 6.45) is 3.71. The van der Waals surface area contributed by atoms with Crippen molar-refractivity contribution >= 4 is 35.0 Å². The number of thioether (sulfide) groups is 1. The minimum Gasteiger partial charge on any atom is -0.481 e. The van der Waals surface area contributed by atoms with Crippen LogP contribution in [-0.4, -0.2) is 61.7 Å². The number of benzene rings is 1. The molecule has 2 N–H and O–H groups in total. The Morgan fingerprint density at radius 3 is 2.83 bits per heavy atom. The number of nitrogens with one attached hydrogen (secondary N) is 1. The summed E-state index contributed by atoms with van der Waals surface area (Å²) in [6.45, 7) is 2.82. The summed E-state index contributed by atoms with van der Waals surface area (Å²) in [6, 6.07) is 7.44. The number of carboxylic acids is 1. The Balaban J connectivity index is 1.34. The number of nitrogens with zero attached hydrogens (tertiary/aromatic N) is 5. The van der Waals surface area contributed by atoms with Gasteiger partial charge in [-0.2, -0.15) is 10.1 Å². The first kappa shape index (κ1) is 20.2. The fourth-order valence-corrected chi connectivity index (χ4v) is 4.09. The maximum Gasteiger partial charge on any atom is 0.305 e. The second kappa shape index (κ2) is 9.18. The van der Waals surface area contributed by atoms with E-state index >= 15 is 0 Å². The number of carboxylic acid groups (broad SMARTS) is 1. The molecule has 1 atom stereocenters. The lowest BCUT2D eigenvalue weighted by atomic mass is 10.1. The Kier molecular flexibility index (Phi) is 6.19. The highest BCUT2D eigenvalue weighted by atomic mass is 32.2. The molecule has 1 unspecified atom stereocenters. The van der Waals surface area contributed by atoms with E-state index in [4.69, 9.17) is 9.63 Å². The van der Waals surface area contributed by atoms with Crippen LogP contribution in [0.25, 0.3) is 11.4 Å². The van der Waals surface area contributed by atoms with Crippen LogP contribution in [0.4, 0.5) is 0 Å². The zero-order valence-corrected chi connectivity index (χ0v) is 16.8. The van der Waals surface area contributed by atoms with Crippen molar-refractivity contribution in [1.29, 1.82) is 0 Å². The van der Waals surface area contributed by atoms with Crippen molar-refractivity contribution in [2.24, 2.45) is 10.2 Å². The van der Waals surface area contributed by atoms with Gasteiger partial charge in [0.25, 0.3) is 0 Å². The van der Waals surface area contributed by atoms with Crippen LogP contribution in [0.2, 0.25) is 0 Å². The third kappa shape index (κ3) is 5.10. The molecule has 2 aromatic rings. The molecule has 2 aliphatic heterocycles. The van der Waals surface area contributed by atoms with Crippen molar-refractivity contribution in [1.82, 2.24) is 20.4 Å². The highest BCUT2D eigenvalue weighted by molar-refractivity contribution is 8.15. The Morgan fingerprint density at radius 2 is 2.10 bits per heavy atom. The number of carbonyl (C=O) groups excluding carboxylic acids is 1. The van der Waals surface area contributed by atoms with Gasteiger partial charge < -0.3 is 14.9 Å². The largest absolute Gasteiger partial charge is 0.481 e. The van der Waals surface area contributed by atoms with Crippen LogP contribution in [-0.2, 0) is 16.1 Å². The SMILES string of the molecule is O=C(O)CC1SC(=NN=Cc2ccc(-c3noc(CN4CCCC4)n3)cc2)NC1=O. The molecular weight excluding hydrogens is 408 g/mol. The first-order chi connectivity index (χ1) is 14.6. The fraction of sp³-hybridized carbons (Fsp3) is 0.368. The van der Waals surface area contributed by atoms with Crippen LogP contribution in [0.1, 0.15) is 30.7 Å². The van der Waals surface area contributed by atoms with Gasteiger partial charge in [0.05, 0.1) is 19.2 Å². The fourth-order valence-electron chi connectivity index (χ4n) is 3.18. The number of likely N-dealkylation sites (tertiary alicyclic amines) is 1. The Morgan fingerprint density at radius 1 is 1.33 bits per heavy atom. The second-order valence-electron chi connectivity index (χ2n) is 6.96. The number of carbonyl (C=O) groups is 2. The molecule has 3 heterocycles. The van der Waals surface area contributed by atoms with E-state index < -0.39 is 11.2 Å². The molecule has 2 aliphatic rings. The number of aromatic nitrogens is 2. The first-order valence-corrected chi connectivity index (χ1v) is 10.4. The third-order valence-electron chi connectivity index (χ3n) is 4.69. The zero-order valence-electron chi connectivity index (χ0n) is 16.0. The van der Waals surface area contributed by atoms with Crippen LogP contribution in [0, 0.1) is 0 Å². The van der Waals surface area contributed by atoms with Crippen LogP contribution in [0.5, 0.6) is 0 Å². The molecule has 2 saturated heterocycles. The molecule has 1 amide bonds. The molecule has 156 valence electrons. The van der Waals surface area contributed by atoms with Crippen molar-refractivity contribution in [3.05, 3.63) is 35.7 Å². The highest BCUT2D eigenvalue weighted by Crippen LogP contribution is 2.22. The average molecular weight is 428 g/mol. The van der Waals surface area contributed by atoms with Gasteiger partial charge in [0.15, 0.2) is 5.17 Å². The van der Waals surface area contributed by atoms with Gasteiger partial charge in [-0.3, -0.25) is 14.5 Å². The Hall–Kier alpha value is -3.05. The quantitative estimate of drug-likeness (QED) is 0.503. The smallest absolute Gasteiger partial charge is 0.305 e. The third-order valence-corrected chi connectivity index (χ3v) is 5.76. The number of rotatable bonds is 7. The summed E-state index contributed by atoms with van der Waals surface area (Å²) in [4.78, 5) is 29.2. The van der Waals surface area contributed by atoms with Crippen molar-refractivity contribution in [2.75, 3.05) is 13.1 Å². The molecular formula is C19H20N6O4S. The van der Waals surface area contributed by atoms with Gasteiger partial charge in [0.2, 0.25) is 17.6 Å². The Labute approximate surface area is 176 Å². The molecule has 0 aliphatic carbocycles. The van der Waals surface area contributed by atoms with E-state index in [9.17, 15) is 9.59 Å². The molecule has 30 heavy (non-hydrogen) atoms. The van der Waals surface area contributed by atoms with E-state index in [2.05, 4.69) is 30.6 Å². The van der Waals surface area contributed by atoms with Gasteiger partial charge in [0, 0.05) is 5.56 Å². The number of hydrogen-bond acceptors (Lipinski definition) is 9. The van der Waals surface area contributed by atoms with Gasteiger partial charge in [-0.05, 0) is 31.5 Å². The maximum absolute atomic E-state index is 11.7. The van der Waals surface area contributed by atoms with E-state index in [-0.39, 0.29) is 17.5 Å². The van der Waals surface area contributed by atoms with E-state index in [1.807, 2.05) is 24.3 Å². The first-order valence-electron chi connectivity index (χ1n) is 9.52. The topological polar surface area (TPSA) is 133 Å². The van der Waals surface area contributed by atoms with Gasteiger partial charge in [-0.25, -0.2) is 0 Å². The number of hydrogen-bond donors (Lipinski definition) is 2. The van der Waals surface area contributed by atoms with Gasteiger partial charge in [0.1, 0.15) is 5.25 Å². The van der Waals surface area contributed by atoms with Crippen LogP contribution in [0.3, 0.4) is 0 Å². The highest BCUT2D eigenvalue weighted by Gasteiger charge is 2.32. The lowest BCUT2D eigenvalue weighted by molar-refractivity contribution is -0.138. The lowest BCUT2D eigenvalue weighted by Gasteiger charge is -2.09. The summed E-state index contributed by atoms with van der Waals surface area (Å²) < 4.78 is 5.35. The van der Waals surface area contributed by atoms with Crippen molar-refractivity contribution in [3.63, 3.8) is 0 Å². The standard InChI is InChI=1S/C19H20N6O4S/c26-16(27)9-14-18(28)22-19(30-14)23-20-10-12-3-5-13(6-4-12)17-21-15(29-24-17)11-25-7-1-2-8-25/h3-6,10,14H,1-2,7-9,11H2,(H,26,27)(H,22,23,28). The number of amidine groups is 1. The zero-order chi connectivity index (χ0) is 20.9. The van der Waals surface area contributed by atoms with Crippen LogP contribution < -0.4 is 5.32 Å². The summed E-state index contributed by atoms with van der Waals surface area (Å²) in [5.74, 6) is -0.240. The van der Waals surface area contributed by atoms with E-state index in [0.717, 1.165) is 36.0 Å². The molecule has 4 rings (SSSR count). The predicted octanol–water partition coefficient (Wildman–Crippen LogP) is 1.73.